The zero-order chi connectivity index (χ0) is 12.4. The molecule has 0 aliphatic rings. The van der Waals surface area contributed by atoms with E-state index in [9.17, 15) is 0 Å². The third-order valence-electron chi connectivity index (χ3n) is 2.63. The first-order valence-electron chi connectivity index (χ1n) is 5.50. The number of rotatable bonds is 2. The molecule has 88 valence electrons. The Hall–Kier alpha value is -1.61. The quantitative estimate of drug-likeness (QED) is 0.886. The minimum absolute atomic E-state index is 0.304. The third-order valence-corrected chi connectivity index (χ3v) is 2.87. The fourth-order valence-corrected chi connectivity index (χ4v) is 1.88. The Morgan fingerprint density at radius 1 is 1.24 bits per heavy atom. The Morgan fingerprint density at radius 2 is 2.00 bits per heavy atom. The van der Waals surface area contributed by atoms with E-state index in [-0.39, 0.29) is 0 Å². The SMILES string of the molecule is CCc1cc(-c2cc(Cl)ccc2C)nc(N)n1. The Balaban J connectivity index is 2.59. The molecule has 1 aromatic heterocycles. The molecule has 2 aromatic rings. The molecule has 2 N–H and O–H groups in total. The highest BCUT2D eigenvalue weighted by Gasteiger charge is 2.07. The van der Waals surface area contributed by atoms with Crippen LogP contribution in [0, 0.1) is 6.92 Å². The zero-order valence-corrected chi connectivity index (χ0v) is 10.6. The molecular weight excluding hydrogens is 234 g/mol. The molecule has 3 nitrogen and oxygen atoms in total. The van der Waals surface area contributed by atoms with Crippen LogP contribution in [0.15, 0.2) is 24.3 Å². The van der Waals surface area contributed by atoms with E-state index in [1.807, 2.05) is 38.1 Å². The first-order chi connectivity index (χ1) is 8.10. The Kier molecular flexibility index (Phi) is 3.29. The second-order valence-corrected chi connectivity index (χ2v) is 4.35. The smallest absolute Gasteiger partial charge is 0.220 e. The molecule has 0 atom stereocenters. The number of aryl methyl sites for hydroxylation is 2. The summed E-state index contributed by atoms with van der Waals surface area (Å²) < 4.78 is 0. The summed E-state index contributed by atoms with van der Waals surface area (Å²) in [4.78, 5) is 8.43. The number of hydrogen-bond donors (Lipinski definition) is 1. The molecule has 2 rings (SSSR count). The zero-order valence-electron chi connectivity index (χ0n) is 9.87. The van der Waals surface area contributed by atoms with E-state index in [0.29, 0.717) is 11.0 Å². The van der Waals surface area contributed by atoms with E-state index in [1.165, 1.54) is 0 Å². The van der Waals surface area contributed by atoms with Gasteiger partial charge in [-0.2, -0.15) is 0 Å². The van der Waals surface area contributed by atoms with Gasteiger partial charge in [0, 0.05) is 16.3 Å². The van der Waals surface area contributed by atoms with Gasteiger partial charge in [-0.05, 0) is 37.1 Å². The van der Waals surface area contributed by atoms with Crippen LogP contribution in [0.1, 0.15) is 18.2 Å². The van der Waals surface area contributed by atoms with Gasteiger partial charge in [-0.1, -0.05) is 24.6 Å². The van der Waals surface area contributed by atoms with Gasteiger partial charge in [-0.15, -0.1) is 0 Å². The molecule has 0 fully saturated rings. The predicted octanol–water partition coefficient (Wildman–Crippen LogP) is 3.25. The van der Waals surface area contributed by atoms with E-state index < -0.39 is 0 Å². The fourth-order valence-electron chi connectivity index (χ4n) is 1.71. The van der Waals surface area contributed by atoms with Crippen LogP contribution in [0.3, 0.4) is 0 Å². The van der Waals surface area contributed by atoms with Crippen LogP contribution in [0.4, 0.5) is 5.95 Å². The second-order valence-electron chi connectivity index (χ2n) is 3.92. The molecule has 0 bridgehead atoms. The van der Waals surface area contributed by atoms with Crippen molar-refractivity contribution in [2.24, 2.45) is 0 Å². The highest BCUT2D eigenvalue weighted by atomic mass is 35.5. The minimum Gasteiger partial charge on any atom is -0.368 e. The standard InChI is InChI=1S/C13H14ClN3/c1-3-10-7-12(17-13(15)16-10)11-6-9(14)5-4-8(11)2/h4-7H,3H2,1-2H3,(H2,15,16,17). The molecule has 17 heavy (non-hydrogen) atoms. The van der Waals surface area contributed by atoms with Crippen molar-refractivity contribution in [3.05, 3.63) is 40.5 Å². The van der Waals surface area contributed by atoms with Crippen molar-refractivity contribution in [1.29, 1.82) is 0 Å². The van der Waals surface area contributed by atoms with Gasteiger partial charge in [0.1, 0.15) is 0 Å². The Labute approximate surface area is 106 Å². The average Bonchev–Trinajstić information content (AvgIpc) is 2.31. The van der Waals surface area contributed by atoms with E-state index in [1.54, 1.807) is 0 Å². The van der Waals surface area contributed by atoms with Gasteiger partial charge in [0.15, 0.2) is 0 Å². The summed E-state index contributed by atoms with van der Waals surface area (Å²) in [6.07, 6.45) is 0.833. The molecule has 1 heterocycles. The molecule has 0 radical (unpaired) electrons. The first-order valence-corrected chi connectivity index (χ1v) is 5.88. The summed E-state index contributed by atoms with van der Waals surface area (Å²) in [6.45, 7) is 4.06. The van der Waals surface area contributed by atoms with Crippen molar-refractivity contribution in [3.8, 4) is 11.3 Å². The van der Waals surface area contributed by atoms with Crippen LogP contribution in [-0.4, -0.2) is 9.97 Å². The number of nitrogens with two attached hydrogens (primary N) is 1. The molecule has 4 heteroatoms. The van der Waals surface area contributed by atoms with E-state index in [4.69, 9.17) is 17.3 Å². The lowest BCUT2D eigenvalue weighted by atomic mass is 10.0. The molecule has 0 aliphatic heterocycles. The minimum atomic E-state index is 0.304. The maximum atomic E-state index is 6.01. The van der Waals surface area contributed by atoms with Crippen LogP contribution in [0.25, 0.3) is 11.3 Å². The number of benzene rings is 1. The largest absolute Gasteiger partial charge is 0.368 e. The van der Waals surface area contributed by atoms with Crippen LogP contribution in [-0.2, 0) is 6.42 Å². The molecule has 0 saturated heterocycles. The first kappa shape index (κ1) is 11.9. The lowest BCUT2D eigenvalue weighted by molar-refractivity contribution is 1.01. The van der Waals surface area contributed by atoms with Crippen LogP contribution in [0.5, 0.6) is 0 Å². The maximum Gasteiger partial charge on any atom is 0.220 e. The monoisotopic (exact) mass is 247 g/mol. The molecule has 0 spiro atoms. The lowest BCUT2D eigenvalue weighted by Gasteiger charge is -2.08. The molecule has 0 unspecified atom stereocenters. The van der Waals surface area contributed by atoms with Crippen molar-refractivity contribution >= 4 is 17.5 Å². The highest BCUT2D eigenvalue weighted by molar-refractivity contribution is 6.30. The molecule has 0 amide bonds. The summed E-state index contributed by atoms with van der Waals surface area (Å²) in [5.74, 6) is 0.304. The van der Waals surface area contributed by atoms with Gasteiger partial charge < -0.3 is 5.73 Å². The summed E-state index contributed by atoms with van der Waals surface area (Å²) in [5.41, 5.74) is 9.59. The average molecular weight is 248 g/mol. The van der Waals surface area contributed by atoms with Crippen LogP contribution >= 0.6 is 11.6 Å². The molecule has 0 saturated carbocycles. The number of nitrogens with zero attached hydrogens (tertiary/aromatic N) is 2. The van der Waals surface area contributed by atoms with Gasteiger partial charge in [-0.3, -0.25) is 0 Å². The van der Waals surface area contributed by atoms with Gasteiger partial charge in [0.05, 0.1) is 5.69 Å². The van der Waals surface area contributed by atoms with E-state index in [0.717, 1.165) is 28.9 Å². The Morgan fingerprint density at radius 3 is 2.71 bits per heavy atom. The highest BCUT2D eigenvalue weighted by Crippen LogP contribution is 2.26. The van der Waals surface area contributed by atoms with Crippen LogP contribution in [0.2, 0.25) is 5.02 Å². The van der Waals surface area contributed by atoms with E-state index in [2.05, 4.69) is 9.97 Å². The number of halogens is 1. The topological polar surface area (TPSA) is 51.8 Å². The van der Waals surface area contributed by atoms with Gasteiger partial charge in [-0.25, -0.2) is 9.97 Å². The van der Waals surface area contributed by atoms with Crippen molar-refractivity contribution in [1.82, 2.24) is 9.97 Å². The molecule has 1 aromatic carbocycles. The van der Waals surface area contributed by atoms with Gasteiger partial charge in [0.25, 0.3) is 0 Å². The Bertz CT molecular complexity index is 552. The van der Waals surface area contributed by atoms with Crippen molar-refractivity contribution in [3.63, 3.8) is 0 Å². The van der Waals surface area contributed by atoms with Crippen molar-refractivity contribution in [2.45, 2.75) is 20.3 Å². The van der Waals surface area contributed by atoms with E-state index >= 15 is 0 Å². The number of aromatic nitrogens is 2. The second kappa shape index (κ2) is 4.72. The number of anilines is 1. The summed E-state index contributed by atoms with van der Waals surface area (Å²) in [7, 11) is 0. The fraction of sp³-hybridized carbons (Fsp3) is 0.231. The summed E-state index contributed by atoms with van der Waals surface area (Å²) in [6, 6.07) is 7.69. The van der Waals surface area contributed by atoms with Crippen molar-refractivity contribution < 1.29 is 0 Å². The predicted molar refractivity (Wildman–Crippen MR) is 71.0 cm³/mol. The van der Waals surface area contributed by atoms with Gasteiger partial charge in [0.2, 0.25) is 5.95 Å². The molecule has 0 aliphatic carbocycles. The summed E-state index contributed by atoms with van der Waals surface area (Å²) in [5, 5.41) is 0.695. The number of nitrogen functional groups attached to an aromatic ring is 1. The maximum absolute atomic E-state index is 6.01. The lowest BCUT2D eigenvalue weighted by Crippen LogP contribution is -2.00. The molecular formula is C13H14ClN3. The third kappa shape index (κ3) is 2.56. The van der Waals surface area contributed by atoms with Crippen molar-refractivity contribution in [2.75, 3.05) is 5.73 Å². The number of hydrogen-bond acceptors (Lipinski definition) is 3. The van der Waals surface area contributed by atoms with Gasteiger partial charge >= 0.3 is 0 Å². The van der Waals surface area contributed by atoms with Crippen LogP contribution < -0.4 is 5.73 Å². The summed E-state index contributed by atoms with van der Waals surface area (Å²) >= 11 is 6.01. The normalized spacial score (nSPS) is 10.5.